The van der Waals surface area contributed by atoms with E-state index >= 15 is 0 Å². The smallest absolute Gasteiger partial charge is 0.224 e. The van der Waals surface area contributed by atoms with E-state index in [4.69, 9.17) is 10.6 Å². The molecule has 6 heteroatoms. The Morgan fingerprint density at radius 2 is 2.05 bits per heavy atom. The molecule has 0 radical (unpaired) electrons. The molecule has 0 saturated carbocycles. The third kappa shape index (κ3) is 2.36. The van der Waals surface area contributed by atoms with Crippen LogP contribution in [0.25, 0.3) is 10.9 Å². The van der Waals surface area contributed by atoms with E-state index in [1.807, 2.05) is 30.3 Å². The summed E-state index contributed by atoms with van der Waals surface area (Å²) in [5.74, 6) is 7.57. The molecule has 0 aliphatic carbocycles. The van der Waals surface area contributed by atoms with Crippen molar-refractivity contribution in [3.8, 4) is 11.6 Å². The number of fused-ring (bicyclic) bond motifs is 1. The van der Waals surface area contributed by atoms with Crippen molar-refractivity contribution in [3.63, 3.8) is 0 Å². The van der Waals surface area contributed by atoms with E-state index in [1.54, 1.807) is 19.2 Å². The predicted octanol–water partition coefficient (Wildman–Crippen LogP) is 2.41. The second-order valence-corrected chi connectivity index (χ2v) is 4.21. The van der Waals surface area contributed by atoms with Crippen molar-refractivity contribution in [1.29, 1.82) is 0 Å². The molecule has 3 rings (SSSR count). The van der Waals surface area contributed by atoms with Crippen molar-refractivity contribution in [2.24, 2.45) is 5.84 Å². The molecule has 0 saturated heterocycles. The first-order valence-corrected chi connectivity index (χ1v) is 6.10. The number of rotatable bonds is 3. The minimum Gasteiger partial charge on any atom is -0.438 e. The number of hydrazine groups is 1. The summed E-state index contributed by atoms with van der Waals surface area (Å²) in [6, 6.07) is 11.2. The van der Waals surface area contributed by atoms with Gasteiger partial charge in [-0.15, -0.1) is 0 Å². The van der Waals surface area contributed by atoms with E-state index in [9.17, 15) is 0 Å². The highest BCUT2D eigenvalue weighted by Crippen LogP contribution is 2.28. The number of pyridine rings is 1. The van der Waals surface area contributed by atoms with Crippen molar-refractivity contribution in [2.75, 3.05) is 5.43 Å². The van der Waals surface area contributed by atoms with E-state index < -0.39 is 0 Å². The fourth-order valence-corrected chi connectivity index (χ4v) is 1.94. The van der Waals surface area contributed by atoms with Crippen molar-refractivity contribution in [2.45, 2.75) is 6.92 Å². The van der Waals surface area contributed by atoms with Crippen LogP contribution < -0.4 is 16.0 Å². The van der Waals surface area contributed by atoms with Gasteiger partial charge in [0.25, 0.3) is 0 Å². The summed E-state index contributed by atoms with van der Waals surface area (Å²) >= 11 is 0. The molecule has 0 aliphatic rings. The fraction of sp³-hybridized carbons (Fsp3) is 0.0714. The van der Waals surface area contributed by atoms with Gasteiger partial charge in [-0.25, -0.2) is 10.8 Å². The van der Waals surface area contributed by atoms with Gasteiger partial charge < -0.3 is 10.2 Å². The zero-order chi connectivity index (χ0) is 13.9. The zero-order valence-electron chi connectivity index (χ0n) is 10.9. The molecule has 20 heavy (non-hydrogen) atoms. The Kier molecular flexibility index (Phi) is 3.14. The van der Waals surface area contributed by atoms with Crippen LogP contribution in [0.5, 0.6) is 11.6 Å². The number of anilines is 1. The molecule has 0 spiro atoms. The van der Waals surface area contributed by atoms with Crippen LogP contribution >= 0.6 is 0 Å². The largest absolute Gasteiger partial charge is 0.438 e. The van der Waals surface area contributed by atoms with Gasteiger partial charge in [-0.3, -0.25) is 4.98 Å². The Morgan fingerprint density at radius 3 is 2.90 bits per heavy atom. The van der Waals surface area contributed by atoms with Crippen molar-refractivity contribution >= 4 is 16.7 Å². The molecular weight excluding hydrogens is 254 g/mol. The molecule has 2 aromatic heterocycles. The monoisotopic (exact) mass is 267 g/mol. The van der Waals surface area contributed by atoms with E-state index in [2.05, 4.69) is 20.4 Å². The first-order chi connectivity index (χ1) is 9.76. The summed E-state index contributed by atoms with van der Waals surface area (Å²) in [5, 5.41) is 0.925. The Balaban J connectivity index is 2.03. The van der Waals surface area contributed by atoms with E-state index in [1.165, 1.54) is 0 Å². The van der Waals surface area contributed by atoms with E-state index in [0.29, 0.717) is 23.3 Å². The summed E-state index contributed by atoms with van der Waals surface area (Å²) in [5.41, 5.74) is 3.36. The van der Waals surface area contributed by atoms with Gasteiger partial charge in [0.2, 0.25) is 5.88 Å². The summed E-state index contributed by atoms with van der Waals surface area (Å²) < 4.78 is 5.83. The molecule has 0 fully saturated rings. The first kappa shape index (κ1) is 12.3. The highest BCUT2D eigenvalue weighted by atomic mass is 16.5. The van der Waals surface area contributed by atoms with Gasteiger partial charge in [0.1, 0.15) is 17.4 Å². The molecule has 0 aliphatic heterocycles. The number of nitrogens with one attached hydrogen (secondary N) is 1. The zero-order valence-corrected chi connectivity index (χ0v) is 10.9. The average molecular weight is 267 g/mol. The first-order valence-electron chi connectivity index (χ1n) is 6.10. The molecule has 0 bridgehead atoms. The summed E-state index contributed by atoms with van der Waals surface area (Å²) in [6.45, 7) is 1.78. The molecule has 6 nitrogen and oxygen atoms in total. The third-order valence-electron chi connectivity index (χ3n) is 2.78. The Bertz CT molecular complexity index is 754. The van der Waals surface area contributed by atoms with Crippen LogP contribution in [-0.4, -0.2) is 15.0 Å². The fourth-order valence-electron chi connectivity index (χ4n) is 1.94. The van der Waals surface area contributed by atoms with Gasteiger partial charge >= 0.3 is 0 Å². The Morgan fingerprint density at radius 1 is 1.15 bits per heavy atom. The predicted molar refractivity (Wildman–Crippen MR) is 76.4 cm³/mol. The highest BCUT2D eigenvalue weighted by Gasteiger charge is 2.07. The lowest BCUT2D eigenvalue weighted by molar-refractivity contribution is 0.465. The molecule has 3 aromatic rings. The van der Waals surface area contributed by atoms with Crippen LogP contribution in [0.1, 0.15) is 5.82 Å². The number of aryl methyl sites for hydroxylation is 1. The van der Waals surface area contributed by atoms with Crippen LogP contribution in [0.15, 0.2) is 42.6 Å². The molecular formula is C14H13N5O. The molecule has 0 unspecified atom stereocenters. The number of hydrogen-bond donors (Lipinski definition) is 2. The third-order valence-corrected chi connectivity index (χ3v) is 2.78. The average Bonchev–Trinajstić information content (AvgIpc) is 2.47. The SMILES string of the molecule is Cc1nc(NN)cc(Oc2cccc3ncccc23)n1. The minimum atomic E-state index is 0.432. The van der Waals surface area contributed by atoms with Crippen LogP contribution in [0.3, 0.4) is 0 Å². The maximum atomic E-state index is 5.83. The molecule has 2 heterocycles. The second-order valence-electron chi connectivity index (χ2n) is 4.21. The van der Waals surface area contributed by atoms with Gasteiger partial charge in [-0.05, 0) is 31.2 Å². The number of ether oxygens (including phenoxy) is 1. The summed E-state index contributed by atoms with van der Waals surface area (Å²) in [4.78, 5) is 12.6. The Labute approximate surface area is 115 Å². The van der Waals surface area contributed by atoms with Crippen LogP contribution in [0.2, 0.25) is 0 Å². The quantitative estimate of drug-likeness (QED) is 0.560. The van der Waals surface area contributed by atoms with Gasteiger partial charge in [-0.2, -0.15) is 4.98 Å². The standard InChI is InChI=1S/C14H13N5O/c1-9-17-13(19-15)8-14(18-9)20-12-6-2-5-11-10(12)4-3-7-16-11/h2-8H,15H2,1H3,(H,17,18,19). The molecule has 100 valence electrons. The lowest BCUT2D eigenvalue weighted by Gasteiger charge is -2.09. The number of hydrogen-bond acceptors (Lipinski definition) is 6. The topological polar surface area (TPSA) is 86.0 Å². The Hall–Kier alpha value is -2.73. The van der Waals surface area contributed by atoms with Crippen molar-refractivity contribution < 1.29 is 4.74 Å². The van der Waals surface area contributed by atoms with E-state index in [0.717, 1.165) is 10.9 Å². The summed E-state index contributed by atoms with van der Waals surface area (Å²) in [6.07, 6.45) is 1.75. The highest BCUT2D eigenvalue weighted by molar-refractivity contribution is 5.85. The number of nitrogens with zero attached hydrogens (tertiary/aromatic N) is 3. The van der Waals surface area contributed by atoms with Gasteiger partial charge in [0.05, 0.1) is 5.52 Å². The van der Waals surface area contributed by atoms with Gasteiger partial charge in [-0.1, -0.05) is 6.07 Å². The second kappa shape index (κ2) is 5.10. The minimum absolute atomic E-state index is 0.432. The lowest BCUT2D eigenvalue weighted by Crippen LogP contribution is -2.09. The van der Waals surface area contributed by atoms with E-state index in [-0.39, 0.29) is 0 Å². The van der Waals surface area contributed by atoms with Crippen molar-refractivity contribution in [3.05, 3.63) is 48.4 Å². The molecule has 3 N–H and O–H groups in total. The van der Waals surface area contributed by atoms with Crippen LogP contribution in [0, 0.1) is 6.92 Å². The molecule has 1 aromatic carbocycles. The van der Waals surface area contributed by atoms with Crippen LogP contribution in [0.4, 0.5) is 5.82 Å². The molecule has 0 atom stereocenters. The summed E-state index contributed by atoms with van der Waals surface area (Å²) in [7, 11) is 0. The number of aromatic nitrogens is 3. The normalized spacial score (nSPS) is 10.5. The number of nitrogens with two attached hydrogens (primary N) is 1. The lowest BCUT2D eigenvalue weighted by atomic mass is 10.2. The van der Waals surface area contributed by atoms with Gasteiger partial charge in [0, 0.05) is 17.6 Å². The van der Waals surface area contributed by atoms with Gasteiger partial charge in [0.15, 0.2) is 0 Å². The molecule has 0 amide bonds. The number of nitrogen functional groups attached to an aromatic ring is 1. The van der Waals surface area contributed by atoms with Crippen molar-refractivity contribution in [1.82, 2.24) is 15.0 Å². The number of benzene rings is 1. The maximum Gasteiger partial charge on any atom is 0.224 e. The van der Waals surface area contributed by atoms with Crippen LogP contribution in [-0.2, 0) is 0 Å². The maximum absolute atomic E-state index is 5.83.